The number of carbonyl (C=O) groups excluding carboxylic acids is 2. The van der Waals surface area contributed by atoms with Crippen LogP contribution in [0, 0.1) is 0 Å². The van der Waals surface area contributed by atoms with E-state index in [9.17, 15) is 9.59 Å². The average Bonchev–Trinajstić information content (AvgIpc) is 3.33. The number of carbonyl (C=O) groups is 2. The number of anilines is 1. The molecule has 1 saturated heterocycles. The van der Waals surface area contributed by atoms with Crippen LogP contribution in [0.4, 0.5) is 5.69 Å². The number of thiazole rings is 1. The highest BCUT2D eigenvalue weighted by Crippen LogP contribution is 2.33. The first-order valence-electron chi connectivity index (χ1n) is 10.3. The lowest BCUT2D eigenvalue weighted by atomic mass is 10.1. The van der Waals surface area contributed by atoms with Crippen molar-refractivity contribution in [1.82, 2.24) is 9.88 Å². The van der Waals surface area contributed by atoms with Crippen molar-refractivity contribution >= 4 is 28.7 Å². The maximum atomic E-state index is 13.0. The van der Waals surface area contributed by atoms with Gasteiger partial charge in [0.2, 0.25) is 0 Å². The molecule has 1 fully saturated rings. The van der Waals surface area contributed by atoms with E-state index in [0.29, 0.717) is 35.8 Å². The summed E-state index contributed by atoms with van der Waals surface area (Å²) in [6.07, 6.45) is 0. The number of piperazine rings is 1. The Hall–Kier alpha value is -3.39. The highest BCUT2D eigenvalue weighted by Gasteiger charge is 2.24. The Kier molecular flexibility index (Phi) is 6.41. The number of rotatable bonds is 6. The number of benzene rings is 2. The number of hydrogen-bond acceptors (Lipinski definition) is 7. The van der Waals surface area contributed by atoms with Crippen LogP contribution < -0.4 is 14.4 Å². The van der Waals surface area contributed by atoms with Crippen LogP contribution in [0.3, 0.4) is 0 Å². The Morgan fingerprint density at radius 3 is 2.25 bits per heavy atom. The Labute approximate surface area is 191 Å². The third kappa shape index (κ3) is 4.45. The van der Waals surface area contributed by atoms with Crippen molar-refractivity contribution in [3.05, 3.63) is 59.1 Å². The van der Waals surface area contributed by atoms with Gasteiger partial charge in [0.05, 0.1) is 14.2 Å². The second kappa shape index (κ2) is 9.40. The van der Waals surface area contributed by atoms with Crippen molar-refractivity contribution in [3.8, 4) is 22.1 Å². The first-order chi connectivity index (χ1) is 15.5. The molecule has 0 spiro atoms. The fraction of sp³-hybridized carbons (Fsp3) is 0.292. The van der Waals surface area contributed by atoms with Gasteiger partial charge in [-0.15, -0.1) is 11.3 Å². The molecule has 2 heterocycles. The number of ether oxygens (including phenoxy) is 2. The summed E-state index contributed by atoms with van der Waals surface area (Å²) in [7, 11) is 3.19. The summed E-state index contributed by atoms with van der Waals surface area (Å²) in [4.78, 5) is 33.1. The molecule has 7 nitrogen and oxygen atoms in total. The summed E-state index contributed by atoms with van der Waals surface area (Å²) in [5.74, 6) is 1.28. The molecule has 0 N–H and O–H groups in total. The maximum absolute atomic E-state index is 13.0. The van der Waals surface area contributed by atoms with E-state index in [1.807, 2.05) is 47.4 Å². The van der Waals surface area contributed by atoms with E-state index in [1.165, 1.54) is 11.3 Å². The van der Waals surface area contributed by atoms with Crippen molar-refractivity contribution in [1.29, 1.82) is 0 Å². The molecular formula is C24H25N3O4S. The van der Waals surface area contributed by atoms with E-state index < -0.39 is 0 Å². The Morgan fingerprint density at radius 1 is 0.938 bits per heavy atom. The van der Waals surface area contributed by atoms with Gasteiger partial charge in [-0.05, 0) is 49.4 Å². The lowest BCUT2D eigenvalue weighted by Gasteiger charge is -2.35. The fourth-order valence-corrected chi connectivity index (χ4v) is 4.50. The molecule has 4 rings (SSSR count). The lowest BCUT2D eigenvalue weighted by molar-refractivity contribution is 0.0741. The summed E-state index contributed by atoms with van der Waals surface area (Å²) < 4.78 is 10.7. The van der Waals surface area contributed by atoms with E-state index in [2.05, 4.69) is 9.88 Å². The molecular weight excluding hydrogens is 426 g/mol. The molecule has 1 aliphatic rings. The van der Waals surface area contributed by atoms with Gasteiger partial charge in [0.1, 0.15) is 10.7 Å². The van der Waals surface area contributed by atoms with Gasteiger partial charge in [-0.1, -0.05) is 0 Å². The van der Waals surface area contributed by atoms with E-state index in [4.69, 9.17) is 9.47 Å². The highest BCUT2D eigenvalue weighted by molar-refractivity contribution is 7.13. The molecule has 166 valence electrons. The summed E-state index contributed by atoms with van der Waals surface area (Å²) in [5, 5.41) is 2.57. The molecule has 1 aromatic heterocycles. The molecule has 0 unspecified atom stereocenters. The third-order valence-corrected chi connectivity index (χ3v) is 6.45. The first kappa shape index (κ1) is 21.8. The number of Topliss-reactive ketones (excluding diaryl/α,β-unsaturated/α-hetero) is 1. The van der Waals surface area contributed by atoms with Gasteiger partial charge in [0.25, 0.3) is 5.91 Å². The van der Waals surface area contributed by atoms with Gasteiger partial charge in [-0.25, -0.2) is 4.98 Å². The van der Waals surface area contributed by atoms with Crippen LogP contribution >= 0.6 is 11.3 Å². The molecule has 1 aliphatic heterocycles. The number of methoxy groups -OCH3 is 2. The quantitative estimate of drug-likeness (QED) is 0.528. The third-order valence-electron chi connectivity index (χ3n) is 5.56. The average molecular weight is 452 g/mol. The second-order valence-corrected chi connectivity index (χ2v) is 8.35. The van der Waals surface area contributed by atoms with Crippen molar-refractivity contribution in [2.45, 2.75) is 6.92 Å². The van der Waals surface area contributed by atoms with E-state index in [0.717, 1.165) is 29.3 Å². The number of ketones is 1. The molecule has 3 aromatic rings. The zero-order chi connectivity index (χ0) is 22.7. The van der Waals surface area contributed by atoms with Crippen LogP contribution in [0.2, 0.25) is 0 Å². The number of nitrogens with zero attached hydrogens (tertiary/aromatic N) is 3. The smallest absolute Gasteiger partial charge is 0.273 e. The molecule has 0 bridgehead atoms. The Morgan fingerprint density at radius 2 is 1.62 bits per heavy atom. The molecule has 0 aliphatic carbocycles. The van der Waals surface area contributed by atoms with Crippen molar-refractivity contribution in [3.63, 3.8) is 0 Å². The largest absolute Gasteiger partial charge is 0.493 e. The minimum atomic E-state index is -0.0560. The SMILES string of the molecule is COc1ccc(-c2nc(C(=O)N3CCN(c4ccc(C(C)=O)cc4)CC3)cs2)cc1OC. The lowest BCUT2D eigenvalue weighted by Crippen LogP contribution is -2.48. The van der Waals surface area contributed by atoms with Crippen LogP contribution in [0.25, 0.3) is 10.6 Å². The van der Waals surface area contributed by atoms with Crippen molar-refractivity contribution in [2.24, 2.45) is 0 Å². The molecule has 0 radical (unpaired) electrons. The van der Waals surface area contributed by atoms with E-state index in [-0.39, 0.29) is 11.7 Å². The first-order valence-corrected chi connectivity index (χ1v) is 11.2. The Bertz CT molecular complexity index is 1120. The molecule has 32 heavy (non-hydrogen) atoms. The summed E-state index contributed by atoms with van der Waals surface area (Å²) in [6.45, 7) is 4.27. The number of aromatic nitrogens is 1. The monoisotopic (exact) mass is 451 g/mol. The number of hydrogen-bond donors (Lipinski definition) is 0. The van der Waals surface area contributed by atoms with Crippen molar-refractivity contribution < 1.29 is 19.1 Å². The zero-order valence-corrected chi connectivity index (χ0v) is 19.1. The van der Waals surface area contributed by atoms with Crippen LogP contribution in [0.1, 0.15) is 27.8 Å². The molecule has 8 heteroatoms. The van der Waals surface area contributed by atoms with Gasteiger partial charge < -0.3 is 19.3 Å². The second-order valence-electron chi connectivity index (χ2n) is 7.49. The maximum Gasteiger partial charge on any atom is 0.273 e. The number of amides is 1. The minimum absolute atomic E-state index is 0.0560. The van der Waals surface area contributed by atoms with Gasteiger partial charge in [0, 0.05) is 48.4 Å². The van der Waals surface area contributed by atoms with Crippen LogP contribution in [0.5, 0.6) is 11.5 Å². The van der Waals surface area contributed by atoms with Crippen LogP contribution in [0.15, 0.2) is 47.8 Å². The standard InChI is InChI=1S/C24H25N3O4S/c1-16(28)17-4-7-19(8-5-17)26-10-12-27(13-11-26)24(29)20-15-32-23(25-20)18-6-9-21(30-2)22(14-18)31-3/h4-9,14-15H,10-13H2,1-3H3. The fourth-order valence-electron chi connectivity index (χ4n) is 3.71. The molecule has 0 saturated carbocycles. The zero-order valence-electron chi connectivity index (χ0n) is 18.3. The summed E-state index contributed by atoms with van der Waals surface area (Å²) >= 11 is 1.44. The molecule has 1 amide bonds. The van der Waals surface area contributed by atoms with Crippen LogP contribution in [-0.4, -0.2) is 62.0 Å². The van der Waals surface area contributed by atoms with Gasteiger partial charge >= 0.3 is 0 Å². The van der Waals surface area contributed by atoms with Crippen molar-refractivity contribution in [2.75, 3.05) is 45.3 Å². The van der Waals surface area contributed by atoms with Crippen LogP contribution in [-0.2, 0) is 0 Å². The normalized spacial score (nSPS) is 13.7. The van der Waals surface area contributed by atoms with E-state index >= 15 is 0 Å². The summed E-state index contributed by atoms with van der Waals surface area (Å²) in [5.41, 5.74) is 3.10. The van der Waals surface area contributed by atoms with Gasteiger partial charge in [0.15, 0.2) is 17.3 Å². The molecule has 2 aromatic carbocycles. The predicted molar refractivity (Wildman–Crippen MR) is 125 cm³/mol. The van der Waals surface area contributed by atoms with Gasteiger partial charge in [-0.2, -0.15) is 0 Å². The summed E-state index contributed by atoms with van der Waals surface area (Å²) in [6, 6.07) is 13.2. The van der Waals surface area contributed by atoms with E-state index in [1.54, 1.807) is 26.5 Å². The molecule has 0 atom stereocenters. The Balaban J connectivity index is 1.41. The predicted octanol–water partition coefficient (Wildman–Crippen LogP) is 3.99. The minimum Gasteiger partial charge on any atom is -0.493 e. The topological polar surface area (TPSA) is 72.0 Å². The highest BCUT2D eigenvalue weighted by atomic mass is 32.1. The van der Waals surface area contributed by atoms with Gasteiger partial charge in [-0.3, -0.25) is 9.59 Å².